The second kappa shape index (κ2) is 6.85. The second-order valence-electron chi connectivity index (χ2n) is 5.33. The summed E-state index contributed by atoms with van der Waals surface area (Å²) < 4.78 is 8.15. The monoisotopic (exact) mass is 362 g/mol. The van der Waals surface area contributed by atoms with Crippen LogP contribution in [0.3, 0.4) is 0 Å². The number of non-ortho nitro benzene ring substituents is 1. The van der Waals surface area contributed by atoms with Gasteiger partial charge in [-0.05, 0) is 12.5 Å². The Labute approximate surface area is 144 Å². The highest BCUT2D eigenvalue weighted by Gasteiger charge is 2.14. The molecule has 3 aromatic rings. The number of carbonyl (C=O) groups excluding carboxylic acids is 1. The quantitative estimate of drug-likeness (QED) is 0.507. The highest BCUT2D eigenvalue weighted by atomic mass is 32.1. The number of fused-ring (bicyclic) bond motifs is 1. The Morgan fingerprint density at radius 3 is 2.92 bits per heavy atom. The lowest BCUT2D eigenvalue weighted by Gasteiger charge is -2.00. The Morgan fingerprint density at radius 1 is 1.44 bits per heavy atom. The van der Waals surface area contributed by atoms with Gasteiger partial charge in [0.25, 0.3) is 5.69 Å². The average molecular weight is 362 g/mol. The van der Waals surface area contributed by atoms with E-state index in [1.165, 1.54) is 34.1 Å². The van der Waals surface area contributed by atoms with Crippen LogP contribution in [0.15, 0.2) is 44.0 Å². The van der Waals surface area contributed by atoms with Crippen LogP contribution in [-0.2, 0) is 18.4 Å². The zero-order chi connectivity index (χ0) is 18.0. The molecule has 0 aliphatic heterocycles. The summed E-state index contributed by atoms with van der Waals surface area (Å²) in [6.45, 7) is 0.265. The van der Waals surface area contributed by atoms with E-state index in [-0.39, 0.29) is 30.1 Å². The molecule has 0 N–H and O–H groups in total. The molecule has 0 saturated heterocycles. The number of amides is 1. The molecule has 0 radical (unpaired) electrons. The highest BCUT2D eigenvalue weighted by Crippen LogP contribution is 2.20. The average Bonchev–Trinajstić information content (AvgIpc) is 3.10. The van der Waals surface area contributed by atoms with E-state index in [0.717, 1.165) is 0 Å². The fourth-order valence-corrected chi connectivity index (χ4v) is 3.11. The molecule has 1 aromatic carbocycles. The van der Waals surface area contributed by atoms with Crippen molar-refractivity contribution in [1.82, 2.24) is 9.13 Å². The number of nitro benzene ring substituents is 1. The summed E-state index contributed by atoms with van der Waals surface area (Å²) in [5.74, 6) is -0.876. The zero-order valence-electron chi connectivity index (χ0n) is 13.2. The van der Waals surface area contributed by atoms with Crippen molar-refractivity contribution >= 4 is 34.0 Å². The van der Waals surface area contributed by atoms with Crippen molar-refractivity contribution in [3.8, 4) is 0 Å². The van der Waals surface area contributed by atoms with Crippen LogP contribution in [0.4, 0.5) is 5.69 Å². The van der Waals surface area contributed by atoms with E-state index in [0.29, 0.717) is 16.7 Å². The molecular formula is C15H14N4O5S. The molecule has 9 nitrogen and oxygen atoms in total. The number of aryl methyl sites for hydroxylation is 2. The van der Waals surface area contributed by atoms with Gasteiger partial charge in [0.2, 0.25) is 5.91 Å². The van der Waals surface area contributed by atoms with Gasteiger partial charge < -0.3 is 8.98 Å². The number of rotatable bonds is 5. The van der Waals surface area contributed by atoms with Gasteiger partial charge in [0, 0.05) is 37.7 Å². The number of benzene rings is 1. The molecule has 2 heterocycles. The minimum absolute atomic E-state index is 0.147. The topological polar surface area (TPSA) is 113 Å². The smallest absolute Gasteiger partial charge is 0.407 e. The number of nitrogens with zero attached hydrogens (tertiary/aromatic N) is 4. The van der Waals surface area contributed by atoms with Gasteiger partial charge in [-0.1, -0.05) is 0 Å². The van der Waals surface area contributed by atoms with Gasteiger partial charge in [-0.25, -0.2) is 4.79 Å². The molecule has 0 aliphatic carbocycles. The molecule has 0 fully saturated rings. The Kier molecular flexibility index (Phi) is 4.61. The fraction of sp³-hybridized carbons (Fsp3) is 0.267. The maximum Gasteiger partial charge on any atom is 0.419 e. The van der Waals surface area contributed by atoms with Crippen LogP contribution in [0.5, 0.6) is 0 Å². The molecule has 2 aromatic heterocycles. The van der Waals surface area contributed by atoms with Crippen molar-refractivity contribution in [3.05, 3.63) is 55.2 Å². The van der Waals surface area contributed by atoms with Crippen molar-refractivity contribution in [2.45, 2.75) is 19.4 Å². The molecule has 1 amide bonds. The summed E-state index contributed by atoms with van der Waals surface area (Å²) in [6, 6.07) is 3.99. The van der Waals surface area contributed by atoms with Crippen LogP contribution in [0.2, 0.25) is 0 Å². The summed E-state index contributed by atoms with van der Waals surface area (Å²) in [7, 11) is 1.80. The molecule has 0 bridgehead atoms. The summed E-state index contributed by atoms with van der Waals surface area (Å²) >= 11 is 1.37. The zero-order valence-corrected chi connectivity index (χ0v) is 14.1. The van der Waals surface area contributed by atoms with Crippen molar-refractivity contribution in [1.29, 1.82) is 0 Å². The molecule has 0 aliphatic rings. The molecule has 3 rings (SSSR count). The van der Waals surface area contributed by atoms with E-state index in [2.05, 4.69) is 4.99 Å². The molecule has 0 spiro atoms. The maximum absolute atomic E-state index is 11.9. The first-order valence-corrected chi connectivity index (χ1v) is 8.29. The minimum Gasteiger partial charge on any atom is -0.407 e. The van der Waals surface area contributed by atoms with Gasteiger partial charge in [-0.3, -0.25) is 19.5 Å². The normalized spacial score (nSPS) is 12.0. The molecule has 130 valence electrons. The van der Waals surface area contributed by atoms with Crippen LogP contribution in [0.25, 0.3) is 11.1 Å². The largest absolute Gasteiger partial charge is 0.419 e. The number of hydrogen-bond acceptors (Lipinski definition) is 6. The van der Waals surface area contributed by atoms with Crippen molar-refractivity contribution in [2.75, 3.05) is 0 Å². The summed E-state index contributed by atoms with van der Waals surface area (Å²) in [5, 5.41) is 12.6. The van der Waals surface area contributed by atoms with E-state index in [1.807, 2.05) is 11.6 Å². The van der Waals surface area contributed by atoms with Crippen LogP contribution >= 0.6 is 11.3 Å². The number of hydrogen-bond donors (Lipinski definition) is 0. The summed E-state index contributed by atoms with van der Waals surface area (Å²) in [5.41, 5.74) is 0.469. The van der Waals surface area contributed by atoms with Gasteiger partial charge in [-0.15, -0.1) is 11.3 Å². The van der Waals surface area contributed by atoms with Gasteiger partial charge in [0.15, 0.2) is 10.4 Å². The molecule has 0 unspecified atom stereocenters. The molecule has 10 heteroatoms. The van der Waals surface area contributed by atoms with Crippen molar-refractivity contribution in [2.24, 2.45) is 12.0 Å². The van der Waals surface area contributed by atoms with Crippen LogP contribution in [-0.4, -0.2) is 20.0 Å². The minimum atomic E-state index is -0.607. The van der Waals surface area contributed by atoms with E-state index >= 15 is 0 Å². The van der Waals surface area contributed by atoms with Crippen LogP contribution < -0.4 is 10.6 Å². The highest BCUT2D eigenvalue weighted by molar-refractivity contribution is 7.07. The summed E-state index contributed by atoms with van der Waals surface area (Å²) in [4.78, 5) is 38.7. The second-order valence-corrected chi connectivity index (χ2v) is 6.21. The predicted molar refractivity (Wildman–Crippen MR) is 90.2 cm³/mol. The van der Waals surface area contributed by atoms with Crippen molar-refractivity contribution < 1.29 is 14.1 Å². The third kappa shape index (κ3) is 3.58. The Balaban J connectivity index is 1.72. The van der Waals surface area contributed by atoms with Crippen LogP contribution in [0.1, 0.15) is 12.8 Å². The number of oxazole rings is 1. The third-order valence-corrected chi connectivity index (χ3v) is 4.46. The first kappa shape index (κ1) is 16.8. The van der Waals surface area contributed by atoms with E-state index < -0.39 is 10.7 Å². The van der Waals surface area contributed by atoms with Gasteiger partial charge in [-0.2, -0.15) is 4.99 Å². The van der Waals surface area contributed by atoms with Gasteiger partial charge in [0.1, 0.15) is 0 Å². The molecule has 25 heavy (non-hydrogen) atoms. The molecule has 0 saturated carbocycles. The standard InChI is InChI=1S/C15H14N4O5S/c1-17-7-8-25-14(17)16-13(20)3-2-6-18-11-5-4-10(19(22)23)9-12(11)24-15(18)21/h4-5,7-9H,2-3,6H2,1H3. The SMILES string of the molecule is Cn1ccsc1=NC(=O)CCCn1c(=O)oc2cc([N+](=O)[O-])ccc21. The Hall–Kier alpha value is -3.01. The number of carbonyl (C=O) groups is 1. The van der Waals surface area contributed by atoms with Gasteiger partial charge >= 0.3 is 5.76 Å². The fourth-order valence-electron chi connectivity index (χ4n) is 2.37. The van der Waals surface area contributed by atoms with E-state index in [9.17, 15) is 19.7 Å². The Bertz CT molecular complexity index is 1070. The van der Waals surface area contributed by atoms with Crippen LogP contribution in [0, 0.1) is 10.1 Å². The van der Waals surface area contributed by atoms with Gasteiger partial charge in [0.05, 0.1) is 16.5 Å². The lowest BCUT2D eigenvalue weighted by Crippen LogP contribution is -2.16. The lowest BCUT2D eigenvalue weighted by molar-refractivity contribution is -0.384. The number of aromatic nitrogens is 2. The maximum atomic E-state index is 11.9. The Morgan fingerprint density at radius 2 is 2.24 bits per heavy atom. The first-order chi connectivity index (χ1) is 12.0. The number of nitro groups is 1. The predicted octanol–water partition coefficient (Wildman–Crippen LogP) is 1.81. The van der Waals surface area contributed by atoms with E-state index in [4.69, 9.17) is 4.42 Å². The molecular weight excluding hydrogens is 348 g/mol. The third-order valence-electron chi connectivity index (χ3n) is 3.62. The number of thiazole rings is 1. The van der Waals surface area contributed by atoms with Crippen molar-refractivity contribution in [3.63, 3.8) is 0 Å². The molecule has 0 atom stereocenters. The first-order valence-electron chi connectivity index (χ1n) is 7.41. The lowest BCUT2D eigenvalue weighted by atomic mass is 10.2. The summed E-state index contributed by atoms with van der Waals surface area (Å²) in [6.07, 6.45) is 2.40. The van der Waals surface area contributed by atoms with E-state index in [1.54, 1.807) is 11.6 Å².